The van der Waals surface area contributed by atoms with E-state index in [9.17, 15) is 0 Å². The molecule has 2 aromatic heterocycles. The van der Waals surface area contributed by atoms with Crippen molar-refractivity contribution in [3.05, 3.63) is 41.7 Å². The molecule has 0 spiro atoms. The van der Waals surface area contributed by atoms with Crippen molar-refractivity contribution in [2.24, 2.45) is 0 Å². The van der Waals surface area contributed by atoms with Crippen LogP contribution in [0.5, 0.6) is 11.5 Å². The van der Waals surface area contributed by atoms with Gasteiger partial charge in [0.05, 0.1) is 24.4 Å². The first kappa shape index (κ1) is 20.8. The van der Waals surface area contributed by atoms with E-state index in [1.165, 1.54) is 5.69 Å². The maximum Gasteiger partial charge on any atom is 0.141 e. The van der Waals surface area contributed by atoms with Crippen molar-refractivity contribution in [2.75, 3.05) is 44.8 Å². The van der Waals surface area contributed by atoms with Gasteiger partial charge in [-0.15, -0.1) is 0 Å². The quantitative estimate of drug-likeness (QED) is 0.555. The molecule has 1 N–H and O–H groups in total. The first-order valence-corrected chi connectivity index (χ1v) is 11.0. The molecule has 0 radical (unpaired) electrons. The van der Waals surface area contributed by atoms with Crippen LogP contribution in [0.3, 0.4) is 0 Å². The molecule has 3 heterocycles. The highest BCUT2D eigenvalue weighted by atomic mass is 35.5. The van der Waals surface area contributed by atoms with E-state index in [0.29, 0.717) is 17.4 Å². The van der Waals surface area contributed by atoms with Gasteiger partial charge in [0.15, 0.2) is 0 Å². The Balaban J connectivity index is 1.69. The van der Waals surface area contributed by atoms with E-state index in [1.807, 2.05) is 22.7 Å². The number of aromatic nitrogens is 2. The molecule has 1 aliphatic rings. The summed E-state index contributed by atoms with van der Waals surface area (Å²) in [5.74, 6) is 1.35. The minimum atomic E-state index is 0.546. The summed E-state index contributed by atoms with van der Waals surface area (Å²) in [5, 5.41) is 4.00. The Bertz CT molecular complexity index is 996. The standard InChI is InChI=1S/C23H29ClN4O2/c1-3-4-12-30-21-15-22(29-2)19(24)14-18(21)20-16-28-10-6-17(13-23(28)26-20)27-9-5-7-25-8-11-27/h6,10,13-16,25H,3-5,7-9,11-12H2,1-2H3. The monoisotopic (exact) mass is 428 g/mol. The van der Waals surface area contributed by atoms with Gasteiger partial charge in [-0.05, 0) is 31.5 Å². The van der Waals surface area contributed by atoms with Crippen LogP contribution in [0.1, 0.15) is 26.2 Å². The zero-order chi connectivity index (χ0) is 20.9. The molecule has 1 saturated heterocycles. The number of nitrogens with zero attached hydrogens (tertiary/aromatic N) is 3. The Morgan fingerprint density at radius 3 is 2.90 bits per heavy atom. The number of benzene rings is 1. The molecule has 1 aromatic carbocycles. The summed E-state index contributed by atoms with van der Waals surface area (Å²) in [4.78, 5) is 7.30. The van der Waals surface area contributed by atoms with Crippen LogP contribution >= 0.6 is 11.6 Å². The summed E-state index contributed by atoms with van der Waals surface area (Å²) >= 11 is 6.43. The van der Waals surface area contributed by atoms with Crippen LogP contribution < -0.4 is 19.7 Å². The van der Waals surface area contributed by atoms with Crippen molar-refractivity contribution in [1.82, 2.24) is 14.7 Å². The second-order valence-corrected chi connectivity index (χ2v) is 7.96. The number of anilines is 1. The number of rotatable bonds is 7. The van der Waals surface area contributed by atoms with E-state index in [0.717, 1.165) is 68.1 Å². The fourth-order valence-electron chi connectivity index (χ4n) is 3.74. The SMILES string of the molecule is CCCCOc1cc(OC)c(Cl)cc1-c1cn2ccc(N3CCCNCC3)cc2n1. The molecule has 0 amide bonds. The molecule has 1 aliphatic heterocycles. The van der Waals surface area contributed by atoms with Gasteiger partial charge >= 0.3 is 0 Å². The Labute approximate surface area is 182 Å². The Morgan fingerprint density at radius 1 is 1.17 bits per heavy atom. The third-order valence-corrected chi connectivity index (χ3v) is 5.73. The maximum atomic E-state index is 6.43. The molecule has 6 nitrogen and oxygen atoms in total. The highest BCUT2D eigenvalue weighted by molar-refractivity contribution is 6.32. The van der Waals surface area contributed by atoms with Crippen LogP contribution in [-0.2, 0) is 0 Å². The van der Waals surface area contributed by atoms with E-state index >= 15 is 0 Å². The van der Waals surface area contributed by atoms with Crippen molar-refractivity contribution in [3.8, 4) is 22.8 Å². The number of imidazole rings is 1. The normalized spacial score (nSPS) is 14.7. The van der Waals surface area contributed by atoms with E-state index in [1.54, 1.807) is 7.11 Å². The van der Waals surface area contributed by atoms with Crippen LogP contribution in [0, 0.1) is 0 Å². The molecule has 7 heteroatoms. The van der Waals surface area contributed by atoms with Crippen LogP contribution in [0.4, 0.5) is 5.69 Å². The highest BCUT2D eigenvalue weighted by Gasteiger charge is 2.16. The third-order valence-electron chi connectivity index (χ3n) is 5.43. The van der Waals surface area contributed by atoms with Gasteiger partial charge in [0.25, 0.3) is 0 Å². The molecular formula is C23H29ClN4O2. The molecule has 30 heavy (non-hydrogen) atoms. The lowest BCUT2D eigenvalue weighted by atomic mass is 10.1. The number of hydrogen-bond acceptors (Lipinski definition) is 5. The average Bonchev–Trinajstić information content (AvgIpc) is 2.99. The molecule has 0 unspecified atom stereocenters. The molecule has 160 valence electrons. The Kier molecular flexibility index (Phi) is 6.65. The van der Waals surface area contributed by atoms with Crippen LogP contribution in [-0.4, -0.2) is 49.3 Å². The average molecular weight is 429 g/mol. The molecule has 0 saturated carbocycles. The Hall–Kier alpha value is -2.44. The zero-order valence-electron chi connectivity index (χ0n) is 17.7. The van der Waals surface area contributed by atoms with Crippen molar-refractivity contribution >= 4 is 22.9 Å². The van der Waals surface area contributed by atoms with Gasteiger partial charge in [-0.25, -0.2) is 4.98 Å². The second-order valence-electron chi connectivity index (χ2n) is 7.55. The maximum absolute atomic E-state index is 6.43. The van der Waals surface area contributed by atoms with Crippen LogP contribution in [0.2, 0.25) is 5.02 Å². The topological polar surface area (TPSA) is 51.0 Å². The van der Waals surface area contributed by atoms with Gasteiger partial charge in [-0.1, -0.05) is 24.9 Å². The van der Waals surface area contributed by atoms with Crippen LogP contribution in [0.25, 0.3) is 16.9 Å². The molecule has 4 rings (SSSR count). The minimum Gasteiger partial charge on any atom is -0.495 e. The van der Waals surface area contributed by atoms with Crippen molar-refractivity contribution < 1.29 is 9.47 Å². The lowest BCUT2D eigenvalue weighted by molar-refractivity contribution is 0.308. The van der Waals surface area contributed by atoms with Gasteiger partial charge in [-0.2, -0.15) is 0 Å². The summed E-state index contributed by atoms with van der Waals surface area (Å²) in [7, 11) is 1.61. The molecule has 1 fully saturated rings. The van der Waals surface area contributed by atoms with Crippen LogP contribution in [0.15, 0.2) is 36.7 Å². The summed E-state index contributed by atoms with van der Waals surface area (Å²) in [6, 6.07) is 8.04. The number of methoxy groups -OCH3 is 1. The molecule has 0 bridgehead atoms. The van der Waals surface area contributed by atoms with E-state index in [2.05, 4.69) is 35.5 Å². The summed E-state index contributed by atoms with van der Waals surface area (Å²) in [6.07, 6.45) is 7.30. The van der Waals surface area contributed by atoms with Crippen molar-refractivity contribution in [2.45, 2.75) is 26.2 Å². The lowest BCUT2D eigenvalue weighted by Crippen LogP contribution is -2.27. The van der Waals surface area contributed by atoms with E-state index in [4.69, 9.17) is 26.1 Å². The van der Waals surface area contributed by atoms with Crippen molar-refractivity contribution in [3.63, 3.8) is 0 Å². The molecule has 3 aromatic rings. The zero-order valence-corrected chi connectivity index (χ0v) is 18.4. The van der Waals surface area contributed by atoms with E-state index in [-0.39, 0.29) is 0 Å². The smallest absolute Gasteiger partial charge is 0.141 e. The van der Waals surface area contributed by atoms with Gasteiger partial charge in [0.2, 0.25) is 0 Å². The lowest BCUT2D eigenvalue weighted by Gasteiger charge is -2.22. The number of hydrogen-bond donors (Lipinski definition) is 1. The van der Waals surface area contributed by atoms with Gasteiger partial charge in [0.1, 0.15) is 17.1 Å². The number of nitrogens with one attached hydrogen (secondary N) is 1. The number of pyridine rings is 1. The predicted molar refractivity (Wildman–Crippen MR) is 122 cm³/mol. The number of ether oxygens (including phenoxy) is 2. The van der Waals surface area contributed by atoms with E-state index < -0.39 is 0 Å². The molecule has 0 aliphatic carbocycles. The van der Waals surface area contributed by atoms with Crippen molar-refractivity contribution in [1.29, 1.82) is 0 Å². The number of halogens is 1. The predicted octanol–water partition coefficient (Wildman–Crippen LogP) is 4.64. The second kappa shape index (κ2) is 9.58. The molecule has 0 atom stereocenters. The fourth-order valence-corrected chi connectivity index (χ4v) is 3.98. The summed E-state index contributed by atoms with van der Waals surface area (Å²) in [6.45, 7) is 6.94. The largest absolute Gasteiger partial charge is 0.495 e. The van der Waals surface area contributed by atoms with Gasteiger partial charge < -0.3 is 24.1 Å². The first-order chi connectivity index (χ1) is 14.7. The number of unbranched alkanes of at least 4 members (excludes halogenated alkanes) is 1. The summed E-state index contributed by atoms with van der Waals surface area (Å²) < 4.78 is 13.5. The minimum absolute atomic E-state index is 0.546. The first-order valence-electron chi connectivity index (χ1n) is 10.6. The fraction of sp³-hybridized carbons (Fsp3) is 0.435. The summed E-state index contributed by atoms with van der Waals surface area (Å²) in [5.41, 5.74) is 3.82. The van der Waals surface area contributed by atoms with Gasteiger partial charge in [-0.3, -0.25) is 0 Å². The Morgan fingerprint density at radius 2 is 2.07 bits per heavy atom. The third kappa shape index (κ3) is 4.50. The molecular weight excluding hydrogens is 400 g/mol. The highest BCUT2D eigenvalue weighted by Crippen LogP contribution is 2.38. The van der Waals surface area contributed by atoms with Gasteiger partial charge in [0, 0.05) is 55.4 Å². The number of fused-ring (bicyclic) bond motifs is 1.